The lowest BCUT2D eigenvalue weighted by Gasteiger charge is -2.36. The van der Waals surface area contributed by atoms with Gasteiger partial charge in [-0.2, -0.15) is 0 Å². The van der Waals surface area contributed by atoms with Crippen molar-refractivity contribution in [1.82, 2.24) is 15.8 Å². The Hall–Kier alpha value is -1.40. The number of hydrazine groups is 1. The monoisotopic (exact) mass is 299 g/mol. The minimum atomic E-state index is -0.131. The predicted molar refractivity (Wildman–Crippen MR) is 83.1 cm³/mol. The van der Waals surface area contributed by atoms with Crippen molar-refractivity contribution in [2.75, 3.05) is 19.6 Å². The van der Waals surface area contributed by atoms with Crippen LogP contribution in [0.15, 0.2) is 22.4 Å². The van der Waals surface area contributed by atoms with E-state index in [0.29, 0.717) is 10.6 Å². The number of hydrogen-bond donors (Lipinski definition) is 2. The van der Waals surface area contributed by atoms with Gasteiger partial charge in [0.05, 0.1) is 6.54 Å². The molecule has 0 atom stereocenters. The van der Waals surface area contributed by atoms with Gasteiger partial charge < -0.3 is 4.90 Å². The summed E-state index contributed by atoms with van der Waals surface area (Å²) < 4.78 is 0. The minimum Gasteiger partial charge on any atom is -0.324 e. The van der Waals surface area contributed by atoms with E-state index in [4.69, 9.17) is 11.6 Å². The van der Waals surface area contributed by atoms with E-state index in [-0.39, 0.29) is 12.6 Å². The molecule has 6 nitrogen and oxygen atoms in total. The summed E-state index contributed by atoms with van der Waals surface area (Å²) >= 11 is 5.83. The second-order valence-corrected chi connectivity index (χ2v) is 5.86. The Balaban J connectivity index is 2.25. The summed E-state index contributed by atoms with van der Waals surface area (Å²) in [5.41, 5.74) is 5.68. The number of carbonyl (C=O) groups excluding carboxylic acids is 1. The average Bonchev–Trinajstić information content (AvgIpc) is 2.38. The number of piperidine rings is 1. The molecular weight excluding hydrogens is 278 g/mol. The highest BCUT2D eigenvalue weighted by Gasteiger charge is 2.27. The zero-order chi connectivity index (χ0) is 15.0. The van der Waals surface area contributed by atoms with Gasteiger partial charge in [0, 0.05) is 25.5 Å². The number of amides is 2. The first kappa shape index (κ1) is 16.7. The van der Waals surface area contributed by atoms with Crippen molar-refractivity contribution in [3.05, 3.63) is 12.4 Å². The van der Waals surface area contributed by atoms with E-state index in [1.165, 1.54) is 12.4 Å². The third-order valence-corrected chi connectivity index (χ3v) is 3.45. The molecule has 1 heterocycles. The third-order valence-electron chi connectivity index (χ3n) is 3.22. The Labute approximate surface area is 125 Å². The van der Waals surface area contributed by atoms with Crippen LogP contribution < -0.4 is 10.9 Å². The Morgan fingerprint density at radius 3 is 2.65 bits per heavy atom. The number of urea groups is 1. The van der Waals surface area contributed by atoms with Gasteiger partial charge in [0.25, 0.3) is 0 Å². The van der Waals surface area contributed by atoms with Gasteiger partial charge in [0.1, 0.15) is 5.17 Å². The fraction of sp³-hybridized carbons (Fsp3) is 0.615. The smallest absolute Gasteiger partial charge is 0.324 e. The summed E-state index contributed by atoms with van der Waals surface area (Å²) in [6.07, 6.45) is 4.89. The van der Waals surface area contributed by atoms with E-state index >= 15 is 0 Å². The summed E-state index contributed by atoms with van der Waals surface area (Å²) in [6.45, 7) is 9.53. The van der Waals surface area contributed by atoms with Crippen molar-refractivity contribution < 1.29 is 4.79 Å². The van der Waals surface area contributed by atoms with Crippen LogP contribution in [0.4, 0.5) is 4.79 Å². The summed E-state index contributed by atoms with van der Waals surface area (Å²) in [4.78, 5) is 21.1. The van der Waals surface area contributed by atoms with Crippen LogP contribution in [0.1, 0.15) is 26.7 Å². The molecule has 0 aliphatic carbocycles. The van der Waals surface area contributed by atoms with Crippen LogP contribution >= 0.6 is 11.6 Å². The SMILES string of the molecule is C=N/C=C\N=C(Cl)CNNC(=O)N1CCC(C)(C)CC1. The first-order valence-electron chi connectivity index (χ1n) is 6.55. The summed E-state index contributed by atoms with van der Waals surface area (Å²) in [5.74, 6) is 0. The highest BCUT2D eigenvalue weighted by Crippen LogP contribution is 2.29. The van der Waals surface area contributed by atoms with Crippen molar-refractivity contribution >= 4 is 29.5 Å². The minimum absolute atomic E-state index is 0.131. The molecule has 1 saturated heterocycles. The number of aliphatic imine (C=N–C) groups is 2. The van der Waals surface area contributed by atoms with Gasteiger partial charge in [0.15, 0.2) is 0 Å². The highest BCUT2D eigenvalue weighted by atomic mass is 35.5. The zero-order valence-electron chi connectivity index (χ0n) is 12.0. The molecule has 20 heavy (non-hydrogen) atoms. The Kier molecular flexibility index (Phi) is 6.67. The van der Waals surface area contributed by atoms with Crippen molar-refractivity contribution in [1.29, 1.82) is 0 Å². The molecule has 112 valence electrons. The van der Waals surface area contributed by atoms with E-state index < -0.39 is 0 Å². The van der Waals surface area contributed by atoms with E-state index in [9.17, 15) is 4.79 Å². The second-order valence-electron chi connectivity index (χ2n) is 5.42. The molecule has 0 aromatic carbocycles. The van der Waals surface area contributed by atoms with Gasteiger partial charge in [-0.1, -0.05) is 25.4 Å². The van der Waals surface area contributed by atoms with Gasteiger partial charge in [-0.05, 0) is 25.0 Å². The van der Waals surface area contributed by atoms with Crippen molar-refractivity contribution in [3.63, 3.8) is 0 Å². The lowest BCUT2D eigenvalue weighted by atomic mass is 9.83. The highest BCUT2D eigenvalue weighted by molar-refractivity contribution is 6.66. The van der Waals surface area contributed by atoms with Crippen LogP contribution in [0.5, 0.6) is 0 Å². The number of likely N-dealkylation sites (tertiary alicyclic amines) is 1. The van der Waals surface area contributed by atoms with Crippen LogP contribution in [0.25, 0.3) is 0 Å². The van der Waals surface area contributed by atoms with Crippen LogP contribution in [0.3, 0.4) is 0 Å². The largest absolute Gasteiger partial charge is 0.331 e. The Bertz CT molecular complexity index is 396. The maximum absolute atomic E-state index is 11.9. The molecule has 0 aromatic rings. The molecule has 0 spiro atoms. The van der Waals surface area contributed by atoms with Gasteiger partial charge in [0.2, 0.25) is 0 Å². The average molecular weight is 300 g/mol. The van der Waals surface area contributed by atoms with Gasteiger partial charge in [-0.15, -0.1) is 0 Å². The van der Waals surface area contributed by atoms with Gasteiger partial charge >= 0.3 is 6.03 Å². The molecule has 1 aliphatic rings. The van der Waals surface area contributed by atoms with Crippen molar-refractivity contribution in [3.8, 4) is 0 Å². The molecule has 1 rings (SSSR count). The van der Waals surface area contributed by atoms with Gasteiger partial charge in [-0.25, -0.2) is 15.2 Å². The summed E-state index contributed by atoms with van der Waals surface area (Å²) in [5, 5.41) is 0.324. The molecular formula is C13H22ClN5O. The number of rotatable bonds is 5. The van der Waals surface area contributed by atoms with E-state index in [1.807, 2.05) is 0 Å². The Morgan fingerprint density at radius 2 is 2.05 bits per heavy atom. The molecule has 0 saturated carbocycles. The fourth-order valence-corrected chi connectivity index (χ4v) is 1.92. The molecule has 7 heteroatoms. The zero-order valence-corrected chi connectivity index (χ0v) is 12.8. The normalized spacial score (nSPS) is 19.1. The number of nitrogens with one attached hydrogen (secondary N) is 2. The quantitative estimate of drug-likeness (QED) is 0.603. The number of hydrogen-bond acceptors (Lipinski definition) is 4. The summed E-state index contributed by atoms with van der Waals surface area (Å²) in [6, 6.07) is -0.131. The molecule has 0 bridgehead atoms. The molecule has 2 amide bonds. The maximum atomic E-state index is 11.9. The molecule has 0 radical (unpaired) electrons. The third kappa shape index (κ3) is 6.16. The van der Waals surface area contributed by atoms with E-state index in [2.05, 4.69) is 41.4 Å². The molecule has 0 aromatic heterocycles. The van der Waals surface area contributed by atoms with Crippen LogP contribution in [0, 0.1) is 5.41 Å². The van der Waals surface area contributed by atoms with Gasteiger partial charge in [-0.3, -0.25) is 10.4 Å². The first-order chi connectivity index (χ1) is 9.44. The van der Waals surface area contributed by atoms with Crippen molar-refractivity contribution in [2.45, 2.75) is 26.7 Å². The van der Waals surface area contributed by atoms with Crippen LogP contribution in [-0.4, -0.2) is 42.5 Å². The molecule has 1 fully saturated rings. The van der Waals surface area contributed by atoms with E-state index in [0.717, 1.165) is 25.9 Å². The lowest BCUT2D eigenvalue weighted by Crippen LogP contribution is -2.51. The summed E-state index contributed by atoms with van der Waals surface area (Å²) in [7, 11) is 0. The van der Waals surface area contributed by atoms with Crippen LogP contribution in [0.2, 0.25) is 0 Å². The molecule has 0 unspecified atom stereocenters. The van der Waals surface area contributed by atoms with E-state index in [1.54, 1.807) is 4.90 Å². The second kappa shape index (κ2) is 8.01. The molecule has 2 N–H and O–H groups in total. The van der Waals surface area contributed by atoms with Crippen molar-refractivity contribution in [2.24, 2.45) is 15.4 Å². The standard InChI is InChI=1S/C13H22ClN5O/c1-13(2)4-8-19(9-5-13)12(20)18-17-10-11(14)16-7-6-15-3/h6-7,17H,3-5,8-10H2,1-2H3,(H,18,20)/b7-6-,16-11?. The lowest BCUT2D eigenvalue weighted by molar-refractivity contribution is 0.138. The predicted octanol–water partition coefficient (Wildman–Crippen LogP) is 2.13. The number of nitrogens with zero attached hydrogens (tertiary/aromatic N) is 3. The number of halogens is 1. The number of carbonyl (C=O) groups is 1. The fourth-order valence-electron chi connectivity index (χ4n) is 1.79. The topological polar surface area (TPSA) is 69.1 Å². The Morgan fingerprint density at radius 1 is 1.40 bits per heavy atom. The molecule has 1 aliphatic heterocycles. The first-order valence-corrected chi connectivity index (χ1v) is 6.93. The van der Waals surface area contributed by atoms with Crippen LogP contribution in [-0.2, 0) is 0 Å². The maximum Gasteiger partial charge on any atom is 0.331 e.